The average Bonchev–Trinajstić information content (AvgIpc) is 3.43. The monoisotopic (exact) mass is 534 g/mol. The smallest absolute Gasteiger partial charge is 0.399 e. The quantitative estimate of drug-likeness (QED) is 0.376. The van der Waals surface area contributed by atoms with Crippen molar-refractivity contribution in [1.82, 2.24) is 14.7 Å². The summed E-state index contributed by atoms with van der Waals surface area (Å²) in [7, 11) is 0.967. The zero-order chi connectivity index (χ0) is 28.3. The van der Waals surface area contributed by atoms with Crippen LogP contribution in [0, 0.1) is 22.7 Å². The molecule has 0 saturated carbocycles. The number of hydrogen-bond acceptors (Lipinski definition) is 8. The van der Waals surface area contributed by atoms with E-state index in [0.717, 1.165) is 19.5 Å². The summed E-state index contributed by atoms with van der Waals surface area (Å²) >= 11 is 0. The minimum absolute atomic E-state index is 0.000398. The molecule has 0 aliphatic heterocycles. The number of rotatable bonds is 6. The fourth-order valence-electron chi connectivity index (χ4n) is 4.25. The molecule has 0 aliphatic carbocycles. The highest BCUT2D eigenvalue weighted by molar-refractivity contribution is 6.04. The van der Waals surface area contributed by atoms with E-state index in [4.69, 9.17) is 0 Å². The van der Waals surface area contributed by atoms with E-state index in [1.165, 1.54) is 48.5 Å². The van der Waals surface area contributed by atoms with Gasteiger partial charge in [-0.15, -0.1) is 0 Å². The zero-order valence-electron chi connectivity index (χ0n) is 20.0. The number of carbonyl (C=O) groups is 1. The Morgan fingerprint density at radius 1 is 1.08 bits per heavy atom. The molecule has 0 radical (unpaired) electrons. The van der Waals surface area contributed by atoms with Gasteiger partial charge in [0.25, 0.3) is 11.5 Å². The Morgan fingerprint density at radius 3 is 2.13 bits per heavy atom. The first kappa shape index (κ1) is 26.6. The third kappa shape index (κ3) is 5.06. The van der Waals surface area contributed by atoms with E-state index < -0.39 is 46.7 Å². The van der Waals surface area contributed by atoms with E-state index in [-0.39, 0.29) is 27.9 Å². The average molecular weight is 534 g/mol. The van der Waals surface area contributed by atoms with E-state index in [1.807, 2.05) is 12.1 Å². The van der Waals surface area contributed by atoms with Gasteiger partial charge in [0.1, 0.15) is 23.7 Å². The largest absolute Gasteiger partial charge is 0.501 e. The molecule has 10 nitrogen and oxygen atoms in total. The molecule has 4 rings (SSSR count). The minimum atomic E-state index is -5.12. The van der Waals surface area contributed by atoms with Crippen LogP contribution in [0.15, 0.2) is 70.3 Å². The number of hydrogen-bond donors (Lipinski definition) is 2. The predicted molar refractivity (Wildman–Crippen MR) is 129 cm³/mol. The molecular formula is C26H17F3N6O4. The van der Waals surface area contributed by atoms with Crippen molar-refractivity contribution in [3.05, 3.63) is 105 Å². The molecule has 1 amide bonds. The second kappa shape index (κ2) is 10.5. The van der Waals surface area contributed by atoms with Gasteiger partial charge < -0.3 is 14.9 Å². The van der Waals surface area contributed by atoms with Crippen LogP contribution in [0.1, 0.15) is 50.4 Å². The van der Waals surface area contributed by atoms with Gasteiger partial charge in [-0.25, -0.2) is 4.98 Å². The summed E-state index contributed by atoms with van der Waals surface area (Å²) in [5, 5.41) is 35.4. The van der Waals surface area contributed by atoms with Crippen molar-refractivity contribution < 1.29 is 27.6 Å². The van der Waals surface area contributed by atoms with Gasteiger partial charge in [0.15, 0.2) is 5.69 Å². The number of halogens is 3. The highest BCUT2D eigenvalue weighted by Crippen LogP contribution is 2.49. The van der Waals surface area contributed by atoms with Crippen LogP contribution in [0.4, 0.5) is 18.9 Å². The Hall–Kier alpha value is -5.43. The molecule has 2 aromatic carbocycles. The predicted octanol–water partition coefficient (Wildman–Crippen LogP) is 3.95. The van der Waals surface area contributed by atoms with Crippen molar-refractivity contribution in [2.24, 2.45) is 7.05 Å². The Balaban J connectivity index is 2.04. The summed E-state index contributed by atoms with van der Waals surface area (Å²) in [6.07, 6.45) is -3.02. The molecule has 13 heteroatoms. The molecule has 0 spiro atoms. The van der Waals surface area contributed by atoms with E-state index in [1.54, 1.807) is 0 Å². The summed E-state index contributed by atoms with van der Waals surface area (Å²) in [6.45, 7) is 0. The van der Waals surface area contributed by atoms with Gasteiger partial charge in [0, 0.05) is 13.0 Å². The van der Waals surface area contributed by atoms with E-state index >= 15 is 13.2 Å². The van der Waals surface area contributed by atoms with Crippen LogP contribution >= 0.6 is 0 Å². The summed E-state index contributed by atoms with van der Waals surface area (Å²) in [5.74, 6) is -7.67. The van der Waals surface area contributed by atoms with Crippen LogP contribution < -0.4 is 10.9 Å². The zero-order valence-corrected chi connectivity index (χ0v) is 20.0. The molecule has 196 valence electrons. The van der Waals surface area contributed by atoms with E-state index in [2.05, 4.69) is 20.0 Å². The van der Waals surface area contributed by atoms with Crippen molar-refractivity contribution in [2.45, 2.75) is 18.0 Å². The lowest BCUT2D eigenvalue weighted by molar-refractivity contribution is -0.156. The van der Waals surface area contributed by atoms with E-state index in [9.17, 15) is 25.2 Å². The molecule has 2 heterocycles. The SMILES string of the molecule is Cn1c([C@@H](C(c2ccccc2C#N)c2ccccc2C#N)C(F)(F)F)nc(C(=O)Nc2cnoc2)c(O)c1=O. The highest BCUT2D eigenvalue weighted by Gasteiger charge is 2.50. The van der Waals surface area contributed by atoms with Crippen molar-refractivity contribution in [2.75, 3.05) is 5.32 Å². The lowest BCUT2D eigenvalue weighted by Crippen LogP contribution is -2.36. The first-order valence-corrected chi connectivity index (χ1v) is 11.1. The van der Waals surface area contributed by atoms with Gasteiger partial charge in [-0.3, -0.25) is 14.2 Å². The third-order valence-electron chi connectivity index (χ3n) is 6.00. The molecule has 2 aromatic heterocycles. The fourth-order valence-corrected chi connectivity index (χ4v) is 4.25. The number of aromatic nitrogens is 3. The minimum Gasteiger partial charge on any atom is -0.501 e. The number of alkyl halides is 3. The van der Waals surface area contributed by atoms with Crippen LogP contribution in [0.2, 0.25) is 0 Å². The van der Waals surface area contributed by atoms with Crippen molar-refractivity contribution in [3.63, 3.8) is 0 Å². The van der Waals surface area contributed by atoms with Crippen LogP contribution in [0.3, 0.4) is 0 Å². The van der Waals surface area contributed by atoms with Gasteiger partial charge >= 0.3 is 6.18 Å². The molecule has 39 heavy (non-hydrogen) atoms. The Labute approximate surface area is 218 Å². The number of amides is 1. The number of nitrogens with one attached hydrogen (secondary N) is 1. The van der Waals surface area contributed by atoms with Crippen LogP contribution in [0.25, 0.3) is 0 Å². The van der Waals surface area contributed by atoms with Crippen molar-refractivity contribution >= 4 is 11.6 Å². The summed E-state index contributed by atoms with van der Waals surface area (Å²) in [5.41, 5.74) is -2.64. The molecule has 0 bridgehead atoms. The van der Waals surface area contributed by atoms with Gasteiger partial charge in [-0.2, -0.15) is 23.7 Å². The van der Waals surface area contributed by atoms with E-state index in [0.29, 0.717) is 4.57 Å². The molecule has 1 atom stereocenters. The third-order valence-corrected chi connectivity index (χ3v) is 6.00. The number of nitriles is 2. The molecule has 2 N–H and O–H groups in total. The second-order valence-electron chi connectivity index (χ2n) is 8.29. The summed E-state index contributed by atoms with van der Waals surface area (Å²) in [4.78, 5) is 29.5. The Bertz CT molecular complexity index is 1630. The fraction of sp³-hybridized carbons (Fsp3) is 0.154. The first-order valence-electron chi connectivity index (χ1n) is 11.1. The highest BCUT2D eigenvalue weighted by atomic mass is 19.4. The van der Waals surface area contributed by atoms with Crippen LogP contribution in [-0.2, 0) is 7.05 Å². The molecule has 0 unspecified atom stereocenters. The number of benzene rings is 2. The summed E-state index contributed by atoms with van der Waals surface area (Å²) in [6, 6.07) is 14.8. The maximum Gasteiger partial charge on any atom is 0.399 e. The molecule has 0 saturated heterocycles. The normalized spacial score (nSPS) is 12.0. The summed E-state index contributed by atoms with van der Waals surface area (Å²) < 4.78 is 50.2. The number of carbonyl (C=O) groups excluding carboxylic acids is 1. The Kier molecular flexibility index (Phi) is 7.18. The van der Waals surface area contributed by atoms with Crippen molar-refractivity contribution in [3.8, 4) is 17.9 Å². The number of nitrogens with zero attached hydrogens (tertiary/aromatic N) is 5. The number of anilines is 1. The molecule has 0 aliphatic rings. The maximum absolute atomic E-state index is 15.0. The standard InChI is InChI=1S/C26H17F3N6O4/c1-35-23(34-21(22(36)25(35)38)24(37)33-16-12-32-39-13-16)20(26(27,28)29)19(17-8-4-2-6-14(17)10-30)18-9-5-3-7-15(18)11-31/h2-9,12-13,19-20,36H,1H3,(H,33,37)/t20-/m1/s1. The van der Waals surface area contributed by atoms with Gasteiger partial charge in [-0.05, 0) is 23.3 Å². The molecule has 4 aromatic rings. The molecular weight excluding hydrogens is 517 g/mol. The van der Waals surface area contributed by atoms with Crippen molar-refractivity contribution in [1.29, 1.82) is 10.5 Å². The first-order chi connectivity index (χ1) is 18.6. The lowest BCUT2D eigenvalue weighted by atomic mass is 9.76. The molecule has 0 fully saturated rings. The van der Waals surface area contributed by atoms with Crippen LogP contribution in [-0.4, -0.2) is 31.9 Å². The maximum atomic E-state index is 15.0. The number of aromatic hydroxyl groups is 1. The van der Waals surface area contributed by atoms with Gasteiger partial charge in [0.2, 0.25) is 5.75 Å². The van der Waals surface area contributed by atoms with Gasteiger partial charge in [0.05, 0.1) is 29.5 Å². The topological polar surface area (TPSA) is 158 Å². The van der Waals surface area contributed by atoms with Gasteiger partial charge in [-0.1, -0.05) is 41.6 Å². The Morgan fingerprint density at radius 2 is 1.64 bits per heavy atom. The second-order valence-corrected chi connectivity index (χ2v) is 8.29. The lowest BCUT2D eigenvalue weighted by Gasteiger charge is -2.31. The van der Waals surface area contributed by atoms with Crippen LogP contribution in [0.5, 0.6) is 5.75 Å².